The Morgan fingerprint density at radius 2 is 1.62 bits per heavy atom. The van der Waals surface area contributed by atoms with Gasteiger partial charge in [-0.1, -0.05) is 42.5 Å². The second kappa shape index (κ2) is 10.2. The first-order valence-corrected chi connectivity index (χ1v) is 10.1. The Morgan fingerprint density at radius 1 is 0.882 bits per heavy atom. The number of benzene rings is 3. The van der Waals surface area contributed by atoms with E-state index in [4.69, 9.17) is 5.26 Å². The van der Waals surface area contributed by atoms with Gasteiger partial charge in [-0.2, -0.15) is 23.7 Å². The minimum atomic E-state index is -4.48. The molecule has 4 rings (SSSR count). The van der Waals surface area contributed by atoms with Crippen LogP contribution in [0.5, 0.6) is 0 Å². The third-order valence-electron chi connectivity index (χ3n) is 5.29. The Hall–Kier alpha value is -4.07. The highest BCUT2D eigenvalue weighted by Gasteiger charge is 2.33. The fourth-order valence-corrected chi connectivity index (χ4v) is 3.67. The molecule has 1 N–H and O–H groups in total. The summed E-state index contributed by atoms with van der Waals surface area (Å²) < 4.78 is 40.2. The molecule has 34 heavy (non-hydrogen) atoms. The van der Waals surface area contributed by atoms with Crippen molar-refractivity contribution in [3.05, 3.63) is 112 Å². The highest BCUT2D eigenvalue weighted by molar-refractivity contribution is 5.85. The Bertz CT molecular complexity index is 1380. The average molecular weight is 479 g/mol. The van der Waals surface area contributed by atoms with Crippen molar-refractivity contribution < 1.29 is 13.2 Å². The molecule has 3 aromatic carbocycles. The number of alkyl halides is 3. The number of nitrogens with zero attached hydrogens (tertiary/aromatic N) is 3. The predicted molar refractivity (Wildman–Crippen MR) is 124 cm³/mol. The van der Waals surface area contributed by atoms with E-state index in [1.807, 2.05) is 12.1 Å². The number of imidazole rings is 1. The molecule has 0 saturated heterocycles. The van der Waals surface area contributed by atoms with Crippen LogP contribution in [0.3, 0.4) is 0 Å². The van der Waals surface area contributed by atoms with Crippen molar-refractivity contribution in [2.24, 2.45) is 0 Å². The molecule has 0 amide bonds. The number of aromatic nitrogens is 2. The van der Waals surface area contributed by atoms with Crippen LogP contribution in [0.2, 0.25) is 0 Å². The first-order chi connectivity index (χ1) is 15.9. The Labute approximate surface area is 200 Å². The minimum absolute atomic E-state index is 0. The smallest absolute Gasteiger partial charge is 0.345 e. The fourth-order valence-electron chi connectivity index (χ4n) is 3.67. The van der Waals surface area contributed by atoms with Crippen molar-refractivity contribution in [2.45, 2.75) is 19.0 Å². The van der Waals surface area contributed by atoms with E-state index in [0.717, 1.165) is 17.3 Å². The summed E-state index contributed by atoms with van der Waals surface area (Å²) in [5.74, 6) is 0.651. The molecule has 0 radical (unpaired) electrons. The summed E-state index contributed by atoms with van der Waals surface area (Å²) in [7, 11) is 0. The van der Waals surface area contributed by atoms with Gasteiger partial charge >= 0.3 is 6.18 Å². The van der Waals surface area contributed by atoms with Gasteiger partial charge in [0.25, 0.3) is 0 Å². The molecule has 0 spiro atoms. The normalized spacial score (nSPS) is 10.7. The predicted octanol–water partition coefficient (Wildman–Crippen LogP) is 6.44. The highest BCUT2D eigenvalue weighted by Crippen LogP contribution is 2.37. The largest absolute Gasteiger partial charge is 0.417 e. The lowest BCUT2D eigenvalue weighted by Gasteiger charge is -2.13. The fraction of sp³-hybridized carbons (Fsp3) is 0.115. The molecule has 0 bridgehead atoms. The second-order valence-electron chi connectivity index (χ2n) is 7.54. The number of halogens is 4. The zero-order valence-corrected chi connectivity index (χ0v) is 18.5. The van der Waals surface area contributed by atoms with Crippen LogP contribution in [0.15, 0.2) is 72.9 Å². The Morgan fingerprint density at radius 3 is 2.29 bits per heavy atom. The van der Waals surface area contributed by atoms with Crippen molar-refractivity contribution in [1.82, 2.24) is 9.97 Å². The standard InChI is InChI=1S/C26H17F3N4.ClH/c27-26(28,29)24-4-2-1-3-23(24)20-10-9-19(21(12-20)15-31)13-25-32-16-22(33-25)11-17-5-7-18(14-30)8-6-17;/h1-10,12,16H,11,13H2,(H,32,33);1H. The summed E-state index contributed by atoms with van der Waals surface area (Å²) in [4.78, 5) is 7.61. The third kappa shape index (κ3) is 5.46. The average Bonchev–Trinajstić information content (AvgIpc) is 3.26. The summed E-state index contributed by atoms with van der Waals surface area (Å²) >= 11 is 0. The summed E-state index contributed by atoms with van der Waals surface area (Å²) in [5, 5.41) is 18.5. The topological polar surface area (TPSA) is 76.3 Å². The number of hydrogen-bond acceptors (Lipinski definition) is 3. The molecule has 4 nitrogen and oxygen atoms in total. The molecule has 1 aromatic heterocycles. The SMILES string of the molecule is Cl.N#Cc1ccc(Cc2cnc(Cc3ccc(-c4ccccc4C(F)(F)F)cc3C#N)[nH]2)cc1. The lowest BCUT2D eigenvalue weighted by atomic mass is 9.95. The summed E-state index contributed by atoms with van der Waals surface area (Å²) in [6, 6.07) is 21.5. The van der Waals surface area contributed by atoms with E-state index in [2.05, 4.69) is 22.1 Å². The van der Waals surface area contributed by atoms with Crippen molar-refractivity contribution >= 4 is 12.4 Å². The van der Waals surface area contributed by atoms with E-state index in [-0.39, 0.29) is 18.0 Å². The van der Waals surface area contributed by atoms with E-state index in [0.29, 0.717) is 40.9 Å². The first-order valence-electron chi connectivity index (χ1n) is 10.1. The van der Waals surface area contributed by atoms with Gasteiger partial charge in [0.2, 0.25) is 0 Å². The number of rotatable bonds is 5. The van der Waals surface area contributed by atoms with Gasteiger partial charge in [0.15, 0.2) is 0 Å². The lowest BCUT2D eigenvalue weighted by molar-refractivity contribution is -0.137. The van der Waals surface area contributed by atoms with E-state index in [1.54, 1.807) is 36.5 Å². The van der Waals surface area contributed by atoms with E-state index >= 15 is 0 Å². The molecule has 1 heterocycles. The molecular weight excluding hydrogens is 461 g/mol. The maximum atomic E-state index is 13.4. The molecule has 0 aliphatic heterocycles. The quantitative estimate of drug-likeness (QED) is 0.358. The maximum Gasteiger partial charge on any atom is 0.417 e. The molecule has 8 heteroatoms. The summed E-state index contributed by atoms with van der Waals surface area (Å²) in [6.07, 6.45) is -1.82. The van der Waals surface area contributed by atoms with Gasteiger partial charge in [-0.05, 0) is 46.5 Å². The van der Waals surface area contributed by atoms with Crippen molar-refractivity contribution in [2.75, 3.05) is 0 Å². The second-order valence-corrected chi connectivity index (χ2v) is 7.54. The van der Waals surface area contributed by atoms with Gasteiger partial charge in [-0.15, -0.1) is 12.4 Å². The van der Waals surface area contributed by atoms with Crippen LogP contribution >= 0.6 is 12.4 Å². The minimum Gasteiger partial charge on any atom is -0.345 e. The van der Waals surface area contributed by atoms with Crippen molar-refractivity contribution in [3.8, 4) is 23.3 Å². The van der Waals surface area contributed by atoms with Crippen LogP contribution in [0, 0.1) is 22.7 Å². The monoisotopic (exact) mass is 478 g/mol. The van der Waals surface area contributed by atoms with E-state index in [9.17, 15) is 18.4 Å². The molecule has 0 unspecified atom stereocenters. The van der Waals surface area contributed by atoms with Crippen LogP contribution in [0.1, 0.15) is 39.3 Å². The Kier molecular flexibility index (Phi) is 7.40. The zero-order chi connectivity index (χ0) is 23.4. The number of nitrogens with one attached hydrogen (secondary N) is 1. The van der Waals surface area contributed by atoms with Crippen LogP contribution in [0.4, 0.5) is 13.2 Å². The number of aromatic amines is 1. The van der Waals surface area contributed by atoms with Gasteiger partial charge in [-0.3, -0.25) is 0 Å². The first kappa shape index (κ1) is 24.6. The lowest BCUT2D eigenvalue weighted by Crippen LogP contribution is -2.07. The Balaban J connectivity index is 0.00000324. The van der Waals surface area contributed by atoms with Crippen molar-refractivity contribution in [3.63, 3.8) is 0 Å². The van der Waals surface area contributed by atoms with Gasteiger partial charge in [-0.25, -0.2) is 4.98 Å². The number of nitriles is 2. The van der Waals surface area contributed by atoms with Crippen LogP contribution in [-0.4, -0.2) is 9.97 Å². The van der Waals surface area contributed by atoms with Gasteiger partial charge in [0, 0.05) is 24.7 Å². The molecule has 0 aliphatic carbocycles. The number of H-pyrrole nitrogens is 1. The molecular formula is C26H18ClF3N4. The molecule has 0 saturated carbocycles. The van der Waals surface area contributed by atoms with Crippen LogP contribution in [-0.2, 0) is 19.0 Å². The molecule has 4 aromatic rings. The summed E-state index contributed by atoms with van der Waals surface area (Å²) in [5.41, 5.74) is 3.10. The van der Waals surface area contributed by atoms with E-state index in [1.165, 1.54) is 18.2 Å². The highest BCUT2D eigenvalue weighted by atomic mass is 35.5. The molecule has 170 valence electrons. The maximum absolute atomic E-state index is 13.4. The molecule has 0 fully saturated rings. The van der Waals surface area contributed by atoms with Gasteiger partial charge < -0.3 is 4.98 Å². The van der Waals surface area contributed by atoms with Crippen LogP contribution < -0.4 is 0 Å². The molecule has 0 aliphatic rings. The van der Waals surface area contributed by atoms with Crippen LogP contribution in [0.25, 0.3) is 11.1 Å². The van der Waals surface area contributed by atoms with Crippen molar-refractivity contribution in [1.29, 1.82) is 10.5 Å². The zero-order valence-electron chi connectivity index (χ0n) is 17.7. The number of hydrogen-bond donors (Lipinski definition) is 1. The van der Waals surface area contributed by atoms with Gasteiger partial charge in [0.05, 0.1) is 28.8 Å². The molecule has 0 atom stereocenters. The summed E-state index contributed by atoms with van der Waals surface area (Å²) in [6.45, 7) is 0. The van der Waals surface area contributed by atoms with E-state index < -0.39 is 11.7 Å². The van der Waals surface area contributed by atoms with Gasteiger partial charge in [0.1, 0.15) is 5.82 Å². The third-order valence-corrected chi connectivity index (χ3v) is 5.29.